The SMILES string of the molecule is C/C=C\[C@@H]1C[C@H](C(=O)OCC(C)C)N[C@H]1[C@@H](NC(C)=O)[C@](C)(CCC)OC. The number of carbonyl (C=O) groups is 2. The van der Waals surface area contributed by atoms with Crippen LogP contribution in [-0.4, -0.2) is 49.3 Å². The van der Waals surface area contributed by atoms with E-state index in [1.807, 2.05) is 33.8 Å². The van der Waals surface area contributed by atoms with Crippen LogP contribution in [0.2, 0.25) is 0 Å². The maximum atomic E-state index is 12.5. The minimum Gasteiger partial charge on any atom is -0.464 e. The minimum absolute atomic E-state index is 0.105. The lowest BCUT2D eigenvalue weighted by atomic mass is 9.81. The number of hydrogen-bond donors (Lipinski definition) is 2. The molecule has 2 N–H and O–H groups in total. The largest absolute Gasteiger partial charge is 0.464 e. The zero-order valence-corrected chi connectivity index (χ0v) is 18.0. The highest BCUT2D eigenvalue weighted by atomic mass is 16.5. The number of methoxy groups -OCH3 is 1. The fourth-order valence-electron chi connectivity index (χ4n) is 3.87. The van der Waals surface area contributed by atoms with Crippen LogP contribution in [0.15, 0.2) is 12.2 Å². The van der Waals surface area contributed by atoms with Crippen molar-refractivity contribution >= 4 is 11.9 Å². The molecule has 0 unspecified atom stereocenters. The Bertz CT molecular complexity index is 520. The Morgan fingerprint density at radius 1 is 1.37 bits per heavy atom. The average Bonchev–Trinajstić information content (AvgIpc) is 3.01. The van der Waals surface area contributed by atoms with Crippen LogP contribution in [-0.2, 0) is 19.1 Å². The molecule has 0 aromatic carbocycles. The normalized spacial score (nSPS) is 26.1. The highest BCUT2D eigenvalue weighted by Gasteiger charge is 2.47. The van der Waals surface area contributed by atoms with E-state index in [1.165, 1.54) is 6.92 Å². The smallest absolute Gasteiger partial charge is 0.323 e. The van der Waals surface area contributed by atoms with Gasteiger partial charge in [0.25, 0.3) is 0 Å². The van der Waals surface area contributed by atoms with Gasteiger partial charge < -0.3 is 14.8 Å². The van der Waals surface area contributed by atoms with Crippen molar-refractivity contribution < 1.29 is 19.1 Å². The number of carbonyl (C=O) groups excluding carboxylic acids is 2. The first kappa shape index (κ1) is 23.6. The molecule has 27 heavy (non-hydrogen) atoms. The molecule has 0 radical (unpaired) electrons. The van der Waals surface area contributed by atoms with Crippen LogP contribution >= 0.6 is 0 Å². The monoisotopic (exact) mass is 382 g/mol. The van der Waals surface area contributed by atoms with Crippen LogP contribution in [0.4, 0.5) is 0 Å². The highest BCUT2D eigenvalue weighted by molar-refractivity contribution is 5.77. The second kappa shape index (κ2) is 10.8. The molecule has 5 atom stereocenters. The van der Waals surface area contributed by atoms with Crippen molar-refractivity contribution in [2.45, 2.75) is 84.5 Å². The van der Waals surface area contributed by atoms with E-state index < -0.39 is 5.60 Å². The Kier molecular flexibility index (Phi) is 9.47. The Morgan fingerprint density at radius 3 is 2.52 bits per heavy atom. The third-order valence-corrected chi connectivity index (χ3v) is 5.23. The fourth-order valence-corrected chi connectivity index (χ4v) is 3.87. The van der Waals surface area contributed by atoms with Crippen molar-refractivity contribution in [3.05, 3.63) is 12.2 Å². The fraction of sp³-hybridized carbons (Fsp3) is 0.810. The van der Waals surface area contributed by atoms with Crippen LogP contribution in [0.1, 0.15) is 60.8 Å². The summed E-state index contributed by atoms with van der Waals surface area (Å²) in [5.74, 6) is 0.0730. The molecule has 1 rings (SSSR count). The van der Waals surface area contributed by atoms with Crippen LogP contribution in [0, 0.1) is 11.8 Å². The van der Waals surface area contributed by atoms with E-state index in [0.717, 1.165) is 12.8 Å². The molecule has 1 fully saturated rings. The molecular formula is C21H38N2O4. The van der Waals surface area contributed by atoms with E-state index in [9.17, 15) is 9.59 Å². The van der Waals surface area contributed by atoms with Gasteiger partial charge in [0, 0.05) is 20.1 Å². The first-order chi connectivity index (χ1) is 12.7. The van der Waals surface area contributed by atoms with Crippen LogP contribution < -0.4 is 10.6 Å². The Labute approximate surface area is 164 Å². The van der Waals surface area contributed by atoms with E-state index in [1.54, 1.807) is 7.11 Å². The molecule has 1 heterocycles. The number of ether oxygens (including phenoxy) is 2. The maximum Gasteiger partial charge on any atom is 0.323 e. The van der Waals surface area contributed by atoms with Crippen molar-refractivity contribution in [2.75, 3.05) is 13.7 Å². The minimum atomic E-state index is -0.533. The van der Waals surface area contributed by atoms with Crippen molar-refractivity contribution in [1.82, 2.24) is 10.6 Å². The molecule has 1 aliphatic heterocycles. The molecule has 0 spiro atoms. The molecule has 6 nitrogen and oxygen atoms in total. The van der Waals surface area contributed by atoms with Crippen molar-refractivity contribution in [2.24, 2.45) is 11.8 Å². The van der Waals surface area contributed by atoms with Crippen molar-refractivity contribution in [1.29, 1.82) is 0 Å². The van der Waals surface area contributed by atoms with Crippen LogP contribution in [0.5, 0.6) is 0 Å². The summed E-state index contributed by atoms with van der Waals surface area (Å²) < 4.78 is 11.3. The number of esters is 1. The predicted octanol–water partition coefficient (Wildman–Crippen LogP) is 2.82. The van der Waals surface area contributed by atoms with E-state index >= 15 is 0 Å². The van der Waals surface area contributed by atoms with Gasteiger partial charge in [0.05, 0.1) is 18.2 Å². The summed E-state index contributed by atoms with van der Waals surface area (Å²) >= 11 is 0. The van der Waals surface area contributed by atoms with Gasteiger partial charge in [-0.2, -0.15) is 0 Å². The molecule has 156 valence electrons. The third-order valence-electron chi connectivity index (χ3n) is 5.23. The topological polar surface area (TPSA) is 76.7 Å². The number of amides is 1. The molecular weight excluding hydrogens is 344 g/mol. The van der Waals surface area contributed by atoms with Gasteiger partial charge in [-0.1, -0.05) is 39.3 Å². The summed E-state index contributed by atoms with van der Waals surface area (Å²) in [6, 6.07) is -0.754. The first-order valence-electron chi connectivity index (χ1n) is 10.1. The quantitative estimate of drug-likeness (QED) is 0.449. The Balaban J connectivity index is 3.09. The van der Waals surface area contributed by atoms with E-state index in [-0.39, 0.29) is 35.9 Å². The lowest BCUT2D eigenvalue weighted by molar-refractivity contribution is -0.147. The Morgan fingerprint density at radius 2 is 2.04 bits per heavy atom. The van der Waals surface area contributed by atoms with Gasteiger partial charge in [-0.25, -0.2) is 0 Å². The Hall–Kier alpha value is -1.40. The standard InChI is InChI=1S/C21H38N2O4/c1-8-10-16-12-17(20(25)27-13-14(3)4)23-18(16)19(22-15(5)24)21(6,26-7)11-9-2/h8,10,14,16-19,23H,9,11-13H2,1-7H3,(H,22,24)/b10-8-/t16-,17-,18-,19-,21+/m1/s1. The summed E-state index contributed by atoms with van der Waals surface area (Å²) in [6.07, 6.45) is 6.48. The third kappa shape index (κ3) is 6.61. The van der Waals surface area contributed by atoms with Crippen LogP contribution in [0.3, 0.4) is 0 Å². The summed E-state index contributed by atoms with van der Waals surface area (Å²) in [7, 11) is 1.68. The second-order valence-corrected chi connectivity index (χ2v) is 8.14. The summed E-state index contributed by atoms with van der Waals surface area (Å²) in [5, 5.41) is 6.52. The lowest BCUT2D eigenvalue weighted by Crippen LogP contribution is -2.62. The van der Waals surface area contributed by atoms with Crippen LogP contribution in [0.25, 0.3) is 0 Å². The average molecular weight is 383 g/mol. The van der Waals surface area contributed by atoms with Gasteiger partial charge in [0.2, 0.25) is 5.91 Å². The predicted molar refractivity (Wildman–Crippen MR) is 107 cm³/mol. The second-order valence-electron chi connectivity index (χ2n) is 8.14. The van der Waals surface area contributed by atoms with E-state index in [4.69, 9.17) is 9.47 Å². The van der Waals surface area contributed by atoms with E-state index in [2.05, 4.69) is 23.6 Å². The van der Waals surface area contributed by atoms with Gasteiger partial charge in [-0.3, -0.25) is 14.9 Å². The van der Waals surface area contributed by atoms with E-state index in [0.29, 0.717) is 18.9 Å². The lowest BCUT2D eigenvalue weighted by Gasteiger charge is -2.41. The molecule has 0 aromatic rings. The molecule has 0 saturated carbocycles. The zero-order valence-electron chi connectivity index (χ0n) is 18.0. The number of nitrogens with one attached hydrogen (secondary N) is 2. The molecule has 0 aromatic heterocycles. The van der Waals surface area contributed by atoms with Gasteiger partial charge in [-0.15, -0.1) is 0 Å². The van der Waals surface area contributed by atoms with Gasteiger partial charge in [-0.05, 0) is 38.5 Å². The molecule has 1 aliphatic rings. The molecule has 1 saturated heterocycles. The maximum absolute atomic E-state index is 12.5. The number of hydrogen-bond acceptors (Lipinski definition) is 5. The van der Waals surface area contributed by atoms with Crippen molar-refractivity contribution in [3.8, 4) is 0 Å². The summed E-state index contributed by atoms with van der Waals surface area (Å²) in [6.45, 7) is 12.1. The summed E-state index contributed by atoms with van der Waals surface area (Å²) in [5.41, 5.74) is -0.533. The first-order valence-corrected chi connectivity index (χ1v) is 10.1. The number of rotatable bonds is 10. The molecule has 0 bridgehead atoms. The number of allylic oxidation sites excluding steroid dienone is 1. The molecule has 0 aliphatic carbocycles. The van der Waals surface area contributed by atoms with Crippen molar-refractivity contribution in [3.63, 3.8) is 0 Å². The molecule has 1 amide bonds. The molecule has 6 heteroatoms. The zero-order chi connectivity index (χ0) is 20.6. The summed E-state index contributed by atoms with van der Waals surface area (Å²) in [4.78, 5) is 24.4. The van der Waals surface area contributed by atoms with Gasteiger partial charge in [0.1, 0.15) is 6.04 Å². The van der Waals surface area contributed by atoms with Gasteiger partial charge >= 0.3 is 5.97 Å². The van der Waals surface area contributed by atoms with Gasteiger partial charge in [0.15, 0.2) is 0 Å². The highest BCUT2D eigenvalue weighted by Crippen LogP contribution is 2.33.